The van der Waals surface area contributed by atoms with Crippen molar-refractivity contribution in [2.24, 2.45) is 10.8 Å². The summed E-state index contributed by atoms with van der Waals surface area (Å²) in [6, 6.07) is 4.58. The molecule has 1 aromatic carbocycles. The quantitative estimate of drug-likeness (QED) is 0.0780. The molecule has 0 aromatic heterocycles. The van der Waals surface area contributed by atoms with Crippen LogP contribution in [0.15, 0.2) is 117 Å². The molecule has 0 spiro atoms. The number of allylic oxidation sites excluding steroid dienone is 13. The highest BCUT2D eigenvalue weighted by Crippen LogP contribution is 2.32. The van der Waals surface area contributed by atoms with Gasteiger partial charge in [0.1, 0.15) is 17.9 Å². The van der Waals surface area contributed by atoms with Gasteiger partial charge in [-0.25, -0.2) is 4.39 Å². The average molecular weight is 735 g/mol. The molecule has 0 radical (unpaired) electrons. The minimum absolute atomic E-state index is 0.192. The van der Waals surface area contributed by atoms with Crippen molar-refractivity contribution in [3.63, 3.8) is 0 Å². The number of hydrogen-bond acceptors (Lipinski definition) is 4. The molecule has 0 heterocycles. The monoisotopic (exact) mass is 734 g/mol. The maximum atomic E-state index is 13.6. The Morgan fingerprint density at radius 2 is 1.78 bits per heavy atom. The molecule has 0 bridgehead atoms. The van der Waals surface area contributed by atoms with E-state index in [1.54, 1.807) is 30.3 Å². The molecule has 2 aliphatic carbocycles. The van der Waals surface area contributed by atoms with Gasteiger partial charge in [-0.05, 0) is 81.0 Å². The van der Waals surface area contributed by atoms with E-state index in [0.717, 1.165) is 36.1 Å². The molecule has 3 rings (SSSR count). The number of halogens is 5. The molecule has 6 nitrogen and oxygen atoms in total. The van der Waals surface area contributed by atoms with Crippen molar-refractivity contribution in [1.82, 2.24) is 10.3 Å². The van der Waals surface area contributed by atoms with Gasteiger partial charge in [0.15, 0.2) is 0 Å². The second kappa shape index (κ2) is 25.6. The third kappa shape index (κ3) is 18.0. The number of benzene rings is 1. The SMILES string of the molecule is CC.CC.CC/C=C\C(Cl)=C(/C)F.COC1=CCC=C(c2ccc(C(F)(F)F)cc2)C=C1C(=O)NC(CC1=CC=C(C)C=CC1)CN(C)/N=C\N. The van der Waals surface area contributed by atoms with Gasteiger partial charge >= 0.3 is 6.18 Å². The topological polar surface area (TPSA) is 80.0 Å². The molecule has 0 saturated carbocycles. The highest BCUT2D eigenvalue weighted by Gasteiger charge is 2.30. The fraction of sp³-hybridized carbons (Fsp3) is 0.400. The summed E-state index contributed by atoms with van der Waals surface area (Å²) >= 11 is 5.41. The first-order chi connectivity index (χ1) is 24.3. The number of methoxy groups -OCH3 is 1. The lowest BCUT2D eigenvalue weighted by Gasteiger charge is -2.25. The zero-order valence-corrected chi connectivity index (χ0v) is 32.1. The van der Waals surface area contributed by atoms with Gasteiger partial charge in [-0.15, -0.1) is 0 Å². The third-order valence-electron chi connectivity index (χ3n) is 6.98. The van der Waals surface area contributed by atoms with Crippen LogP contribution in [0, 0.1) is 0 Å². The van der Waals surface area contributed by atoms with Gasteiger partial charge in [0, 0.05) is 7.05 Å². The van der Waals surface area contributed by atoms with Crippen LogP contribution >= 0.6 is 11.6 Å². The summed E-state index contributed by atoms with van der Waals surface area (Å²) in [5, 5.41) is 9.03. The first-order valence-electron chi connectivity index (χ1n) is 17.1. The Morgan fingerprint density at radius 3 is 2.33 bits per heavy atom. The zero-order valence-electron chi connectivity index (χ0n) is 31.4. The first-order valence-corrected chi connectivity index (χ1v) is 17.5. The third-order valence-corrected chi connectivity index (χ3v) is 7.37. The standard InChI is InChI=1S/C29H33F3N4O2.C7H10ClF.2C2H6/c1-20-6-4-7-21(11-10-20)16-25(18-36(2)34-19-33)35-28(37)26-17-23(8-5-9-27(26)38-3)22-12-14-24(15-13-22)29(30,31)32;1-3-4-5-7(8)6(2)9;2*1-2/h4,6,8-15,17,19,25H,5,7,16,18H2,1-3H3,(H2,33,34)(H,35,37);4-5H,3H2,1-2H3;2*1-2H3/b;5-4-,7-6-;;. The summed E-state index contributed by atoms with van der Waals surface area (Å²) in [4.78, 5) is 13.6. The van der Waals surface area contributed by atoms with Crippen molar-refractivity contribution < 1.29 is 27.1 Å². The van der Waals surface area contributed by atoms with E-state index in [-0.39, 0.29) is 28.4 Å². The number of hydrogen-bond donors (Lipinski definition) is 2. The van der Waals surface area contributed by atoms with E-state index in [1.165, 1.54) is 32.5 Å². The molecule has 0 aliphatic heterocycles. The highest BCUT2D eigenvalue weighted by molar-refractivity contribution is 6.31. The largest absolute Gasteiger partial charge is 0.496 e. The van der Waals surface area contributed by atoms with E-state index >= 15 is 0 Å². The van der Waals surface area contributed by atoms with E-state index < -0.39 is 11.7 Å². The average Bonchev–Trinajstić information content (AvgIpc) is 3.46. The number of nitrogens with two attached hydrogens (primary N) is 1. The number of amides is 1. The minimum Gasteiger partial charge on any atom is -0.496 e. The summed E-state index contributed by atoms with van der Waals surface area (Å²) in [7, 11) is 3.25. The molecular weight excluding hydrogens is 680 g/mol. The van der Waals surface area contributed by atoms with E-state index in [1.807, 2.05) is 59.8 Å². The molecular formula is C40H55ClF4N4O2. The van der Waals surface area contributed by atoms with Crippen LogP contribution in [0.4, 0.5) is 17.6 Å². The van der Waals surface area contributed by atoms with Crippen molar-refractivity contribution >= 4 is 29.4 Å². The lowest BCUT2D eigenvalue weighted by atomic mass is 10.00. The van der Waals surface area contributed by atoms with Gasteiger partial charge < -0.3 is 15.8 Å². The molecule has 282 valence electrons. The number of carbonyl (C=O) groups is 1. The van der Waals surface area contributed by atoms with E-state index in [0.29, 0.717) is 36.3 Å². The molecule has 1 unspecified atom stereocenters. The Morgan fingerprint density at radius 1 is 1.14 bits per heavy atom. The number of nitrogens with zero attached hydrogens (tertiary/aromatic N) is 2. The Hall–Kier alpha value is -4.31. The van der Waals surface area contributed by atoms with E-state index in [2.05, 4.69) is 28.6 Å². The fourth-order valence-electron chi connectivity index (χ4n) is 4.59. The summed E-state index contributed by atoms with van der Waals surface area (Å²) in [5.74, 6) is -0.297. The Balaban J connectivity index is 0.00000165. The molecule has 1 amide bonds. The van der Waals surface area contributed by atoms with Gasteiger partial charge in [-0.2, -0.15) is 18.3 Å². The van der Waals surface area contributed by atoms with Crippen LogP contribution < -0.4 is 11.1 Å². The smallest absolute Gasteiger partial charge is 0.416 e. The number of nitrogens with one attached hydrogen (secondary N) is 1. The molecule has 3 N–H and O–H groups in total. The van der Waals surface area contributed by atoms with Gasteiger partial charge in [0.2, 0.25) is 0 Å². The van der Waals surface area contributed by atoms with Gasteiger partial charge in [-0.1, -0.05) is 106 Å². The van der Waals surface area contributed by atoms with Crippen LogP contribution in [0.3, 0.4) is 0 Å². The van der Waals surface area contributed by atoms with Crippen molar-refractivity contribution in [2.45, 2.75) is 86.4 Å². The van der Waals surface area contributed by atoms with Gasteiger partial charge in [-0.3, -0.25) is 9.80 Å². The molecule has 2 aliphatic rings. The number of alkyl halides is 3. The fourth-order valence-corrected chi connectivity index (χ4v) is 4.68. The zero-order chi connectivity index (χ0) is 39.0. The van der Waals surface area contributed by atoms with Crippen LogP contribution in [0.2, 0.25) is 0 Å². The predicted molar refractivity (Wildman–Crippen MR) is 206 cm³/mol. The lowest BCUT2D eigenvalue weighted by Crippen LogP contribution is -2.42. The minimum atomic E-state index is -4.42. The molecule has 51 heavy (non-hydrogen) atoms. The Labute approximate surface area is 307 Å². The van der Waals surface area contributed by atoms with Crippen LogP contribution in [-0.4, -0.2) is 44.0 Å². The van der Waals surface area contributed by atoms with Crippen LogP contribution in [-0.2, 0) is 15.7 Å². The van der Waals surface area contributed by atoms with Crippen molar-refractivity contribution in [3.8, 4) is 0 Å². The van der Waals surface area contributed by atoms with Crippen molar-refractivity contribution in [3.05, 3.63) is 123 Å². The number of carbonyl (C=O) groups excluding carboxylic acids is 1. The van der Waals surface area contributed by atoms with E-state index in [4.69, 9.17) is 22.1 Å². The molecule has 1 aromatic rings. The first kappa shape index (κ1) is 46.7. The normalized spacial score (nSPS) is 15.3. The van der Waals surface area contributed by atoms with Crippen LogP contribution in [0.5, 0.6) is 0 Å². The molecule has 1 atom stereocenters. The summed E-state index contributed by atoms with van der Waals surface area (Å²) in [5.41, 5.74) is 8.50. The highest BCUT2D eigenvalue weighted by atomic mass is 35.5. The number of rotatable bonds is 11. The number of ether oxygens (including phenoxy) is 1. The maximum Gasteiger partial charge on any atom is 0.416 e. The lowest BCUT2D eigenvalue weighted by molar-refractivity contribution is -0.137. The van der Waals surface area contributed by atoms with Crippen LogP contribution in [0.25, 0.3) is 5.57 Å². The Kier molecular flexibility index (Phi) is 23.4. The predicted octanol–water partition coefficient (Wildman–Crippen LogP) is 10.9. The second-order valence-corrected chi connectivity index (χ2v) is 11.2. The van der Waals surface area contributed by atoms with Gasteiger partial charge in [0.25, 0.3) is 5.91 Å². The summed E-state index contributed by atoms with van der Waals surface area (Å²) in [6.07, 6.45) is 16.4. The second-order valence-electron chi connectivity index (χ2n) is 10.8. The number of hydrazone groups is 1. The molecule has 0 fully saturated rings. The molecule has 0 saturated heterocycles. The number of likely N-dealkylation sites (N-methyl/N-ethyl adjacent to an activating group) is 1. The van der Waals surface area contributed by atoms with Crippen molar-refractivity contribution in [1.29, 1.82) is 0 Å². The molecule has 11 heteroatoms. The maximum absolute atomic E-state index is 13.6. The van der Waals surface area contributed by atoms with Crippen molar-refractivity contribution in [2.75, 3.05) is 20.7 Å². The Bertz CT molecular complexity index is 1490. The van der Waals surface area contributed by atoms with Gasteiger partial charge in [0.05, 0.1) is 35.9 Å². The summed E-state index contributed by atoms with van der Waals surface area (Å²) < 4.78 is 56.7. The van der Waals surface area contributed by atoms with E-state index in [9.17, 15) is 22.4 Å². The van der Waals surface area contributed by atoms with Crippen LogP contribution in [0.1, 0.15) is 85.3 Å². The summed E-state index contributed by atoms with van der Waals surface area (Å²) in [6.45, 7) is 13.7.